The monoisotopic (exact) mass is 400 g/mol. The second kappa shape index (κ2) is 13.2. The van der Waals surface area contributed by atoms with Crippen molar-refractivity contribution < 1.29 is 29.3 Å². The summed E-state index contributed by atoms with van der Waals surface area (Å²) in [5.74, 6) is -0.603. The van der Waals surface area contributed by atoms with Crippen molar-refractivity contribution in [3.05, 3.63) is 12.2 Å². The molecule has 3 N–H and O–H groups in total. The van der Waals surface area contributed by atoms with Gasteiger partial charge >= 0.3 is 0 Å². The van der Waals surface area contributed by atoms with Crippen LogP contribution in [0.15, 0.2) is 12.2 Å². The molecule has 1 fully saturated rings. The van der Waals surface area contributed by atoms with Crippen molar-refractivity contribution in [3.63, 3.8) is 0 Å². The maximum atomic E-state index is 13.2. The number of alkyl halides is 1. The largest absolute Gasteiger partial charge is 0.392 e. The molecule has 0 bridgehead atoms. The molecule has 0 spiro atoms. The van der Waals surface area contributed by atoms with Gasteiger partial charge in [0.1, 0.15) is 19.1 Å². The number of aliphatic hydroxyl groups is 3. The number of unbranched alkanes of at least 4 members (excludes halogenated alkanes) is 4. The van der Waals surface area contributed by atoms with Gasteiger partial charge in [-0.2, -0.15) is 0 Å². The standard InChI is InChI=1S/C22H37FO5/c1-2-3-12-22(28,16-23)13-8-11-19-18(20(26)14-21(19)27)10-7-5-4-6-9-17(25)15-24/h8,11,18-19,21,24,27-28H,2-7,9-10,12-16H2,1H3/t18-,19-,21-,22?/m1/s1. The number of halogens is 1. The van der Waals surface area contributed by atoms with Gasteiger partial charge in [0.2, 0.25) is 0 Å². The molecule has 1 saturated carbocycles. The molecule has 0 aromatic rings. The van der Waals surface area contributed by atoms with Crippen LogP contribution >= 0.6 is 0 Å². The van der Waals surface area contributed by atoms with Gasteiger partial charge in [-0.25, -0.2) is 4.39 Å². The first-order valence-electron chi connectivity index (χ1n) is 10.6. The summed E-state index contributed by atoms with van der Waals surface area (Å²) in [6.07, 6.45) is 9.58. The average molecular weight is 401 g/mol. The lowest BCUT2D eigenvalue weighted by Gasteiger charge is -2.24. The number of ketones is 2. The Balaban J connectivity index is 2.47. The highest BCUT2D eigenvalue weighted by Gasteiger charge is 2.39. The quantitative estimate of drug-likeness (QED) is 0.290. The molecule has 28 heavy (non-hydrogen) atoms. The Hall–Kier alpha value is -1.11. The van der Waals surface area contributed by atoms with Crippen LogP contribution in [0.25, 0.3) is 0 Å². The summed E-state index contributed by atoms with van der Waals surface area (Å²) in [5.41, 5.74) is -1.36. The highest BCUT2D eigenvalue weighted by Crippen LogP contribution is 2.34. The zero-order valence-electron chi connectivity index (χ0n) is 17.1. The number of rotatable bonds is 15. The first-order valence-corrected chi connectivity index (χ1v) is 10.6. The van der Waals surface area contributed by atoms with Crippen LogP contribution in [0.1, 0.15) is 77.6 Å². The third kappa shape index (κ3) is 8.50. The molecule has 5 nitrogen and oxygen atoms in total. The van der Waals surface area contributed by atoms with E-state index in [0.29, 0.717) is 19.3 Å². The van der Waals surface area contributed by atoms with Crippen LogP contribution in [0.3, 0.4) is 0 Å². The fraction of sp³-hybridized carbons (Fsp3) is 0.818. The van der Waals surface area contributed by atoms with Gasteiger partial charge in [0, 0.05) is 24.7 Å². The van der Waals surface area contributed by atoms with Gasteiger partial charge in [-0.05, 0) is 25.7 Å². The lowest BCUT2D eigenvalue weighted by atomic mass is 9.87. The Kier molecular flexibility index (Phi) is 11.7. The van der Waals surface area contributed by atoms with E-state index < -0.39 is 25.0 Å². The van der Waals surface area contributed by atoms with E-state index in [1.54, 1.807) is 12.2 Å². The second-order valence-electron chi connectivity index (χ2n) is 8.17. The number of carbonyl (C=O) groups is 2. The van der Waals surface area contributed by atoms with Gasteiger partial charge in [0.15, 0.2) is 5.78 Å². The summed E-state index contributed by atoms with van der Waals surface area (Å²) in [7, 11) is 0. The Morgan fingerprint density at radius 3 is 2.61 bits per heavy atom. The highest BCUT2D eigenvalue weighted by atomic mass is 19.1. The Morgan fingerprint density at radius 1 is 1.25 bits per heavy atom. The summed E-state index contributed by atoms with van der Waals surface area (Å²) < 4.78 is 13.2. The van der Waals surface area contributed by atoms with E-state index in [1.165, 1.54) is 0 Å². The van der Waals surface area contributed by atoms with Crippen molar-refractivity contribution in [3.8, 4) is 0 Å². The third-order valence-corrected chi connectivity index (χ3v) is 5.73. The van der Waals surface area contributed by atoms with Gasteiger partial charge in [0.05, 0.1) is 11.7 Å². The second-order valence-corrected chi connectivity index (χ2v) is 8.17. The van der Waals surface area contributed by atoms with Gasteiger partial charge in [-0.3, -0.25) is 9.59 Å². The van der Waals surface area contributed by atoms with Gasteiger partial charge in [0.25, 0.3) is 0 Å². The van der Waals surface area contributed by atoms with E-state index in [1.807, 2.05) is 6.92 Å². The summed E-state index contributed by atoms with van der Waals surface area (Å²) in [6, 6.07) is 0. The molecule has 162 valence electrons. The molecule has 0 radical (unpaired) electrons. The van der Waals surface area contributed by atoms with Crippen LogP contribution < -0.4 is 0 Å². The maximum absolute atomic E-state index is 13.2. The van der Waals surface area contributed by atoms with Gasteiger partial charge < -0.3 is 15.3 Å². The first kappa shape index (κ1) is 24.9. The molecule has 0 aromatic heterocycles. The average Bonchev–Trinajstić information content (AvgIpc) is 2.95. The predicted molar refractivity (Wildman–Crippen MR) is 107 cm³/mol. The smallest absolute Gasteiger partial charge is 0.158 e. The first-order chi connectivity index (χ1) is 13.4. The summed E-state index contributed by atoms with van der Waals surface area (Å²) in [6.45, 7) is 0.786. The van der Waals surface area contributed by atoms with E-state index >= 15 is 0 Å². The minimum atomic E-state index is -1.36. The molecule has 0 saturated heterocycles. The third-order valence-electron chi connectivity index (χ3n) is 5.73. The molecule has 1 unspecified atom stereocenters. The van der Waals surface area contributed by atoms with Crippen LogP contribution in [-0.4, -0.2) is 51.9 Å². The molecule has 0 amide bonds. The molecule has 0 aliphatic heterocycles. The van der Waals surface area contributed by atoms with E-state index in [0.717, 1.165) is 38.5 Å². The van der Waals surface area contributed by atoms with E-state index in [4.69, 9.17) is 5.11 Å². The Morgan fingerprint density at radius 2 is 1.96 bits per heavy atom. The number of aliphatic hydroxyl groups excluding tert-OH is 2. The lowest BCUT2D eigenvalue weighted by molar-refractivity contribution is -0.122. The molecular formula is C22H37FO5. The van der Waals surface area contributed by atoms with E-state index in [9.17, 15) is 24.2 Å². The fourth-order valence-corrected chi connectivity index (χ4v) is 3.89. The molecule has 6 heteroatoms. The van der Waals surface area contributed by atoms with Crippen molar-refractivity contribution in [2.75, 3.05) is 13.3 Å². The topological polar surface area (TPSA) is 94.8 Å². The number of hydrogen-bond donors (Lipinski definition) is 3. The fourth-order valence-electron chi connectivity index (χ4n) is 3.89. The summed E-state index contributed by atoms with van der Waals surface area (Å²) in [4.78, 5) is 23.3. The molecule has 4 atom stereocenters. The normalized spacial score (nSPS) is 24.8. The highest BCUT2D eigenvalue weighted by molar-refractivity contribution is 5.84. The lowest BCUT2D eigenvalue weighted by Crippen LogP contribution is -2.30. The Labute approximate surface area is 168 Å². The molecular weight excluding hydrogens is 363 g/mol. The zero-order chi connectivity index (χ0) is 21.0. The number of carbonyl (C=O) groups excluding carboxylic acids is 2. The van der Waals surface area contributed by atoms with Crippen LogP contribution in [0.5, 0.6) is 0 Å². The molecule has 0 heterocycles. The van der Waals surface area contributed by atoms with Gasteiger partial charge in [-0.15, -0.1) is 0 Å². The zero-order valence-corrected chi connectivity index (χ0v) is 17.1. The molecule has 1 rings (SSSR count). The van der Waals surface area contributed by atoms with E-state index in [2.05, 4.69) is 0 Å². The van der Waals surface area contributed by atoms with Crippen molar-refractivity contribution in [2.24, 2.45) is 11.8 Å². The van der Waals surface area contributed by atoms with Crippen molar-refractivity contribution in [1.29, 1.82) is 0 Å². The van der Waals surface area contributed by atoms with Crippen molar-refractivity contribution in [2.45, 2.75) is 89.3 Å². The molecule has 0 aromatic carbocycles. The predicted octanol–water partition coefficient (Wildman–Crippen LogP) is 3.29. The minimum absolute atomic E-state index is 0.0596. The minimum Gasteiger partial charge on any atom is -0.392 e. The summed E-state index contributed by atoms with van der Waals surface area (Å²) in [5, 5.41) is 29.2. The Bertz CT molecular complexity index is 507. The summed E-state index contributed by atoms with van der Waals surface area (Å²) >= 11 is 0. The number of Topliss-reactive ketones (excluding diaryl/α,β-unsaturated/α-hetero) is 2. The van der Waals surface area contributed by atoms with Gasteiger partial charge in [-0.1, -0.05) is 51.2 Å². The maximum Gasteiger partial charge on any atom is 0.158 e. The molecule has 1 aliphatic rings. The van der Waals surface area contributed by atoms with Crippen LogP contribution in [0.2, 0.25) is 0 Å². The van der Waals surface area contributed by atoms with Crippen LogP contribution in [-0.2, 0) is 9.59 Å². The molecule has 1 aliphatic carbocycles. The van der Waals surface area contributed by atoms with Crippen LogP contribution in [0, 0.1) is 11.8 Å². The van der Waals surface area contributed by atoms with E-state index in [-0.39, 0.29) is 36.2 Å². The SMILES string of the molecule is CCCCC(O)(CF)CC=C[C@H]1[C@H](O)CC(=O)[C@@H]1CCCCCCC(=O)CO. The number of hydrogen-bond acceptors (Lipinski definition) is 5. The van der Waals surface area contributed by atoms with Crippen molar-refractivity contribution >= 4 is 11.6 Å². The van der Waals surface area contributed by atoms with Crippen LogP contribution in [0.4, 0.5) is 4.39 Å². The van der Waals surface area contributed by atoms with Crippen molar-refractivity contribution in [1.82, 2.24) is 0 Å².